The number of aromatic nitrogens is 4. The zero-order valence-electron chi connectivity index (χ0n) is 13.7. The highest BCUT2D eigenvalue weighted by molar-refractivity contribution is 5.96. The number of ether oxygens (including phenoxy) is 1. The van der Waals surface area contributed by atoms with Gasteiger partial charge in [0.2, 0.25) is 0 Å². The summed E-state index contributed by atoms with van der Waals surface area (Å²) in [7, 11) is 0. The first-order valence-electron chi connectivity index (χ1n) is 7.99. The molecule has 7 nitrogen and oxygen atoms in total. The first-order valence-corrected chi connectivity index (χ1v) is 7.99. The number of hydrogen-bond donors (Lipinski definition) is 2. The van der Waals surface area contributed by atoms with Gasteiger partial charge in [0.15, 0.2) is 5.82 Å². The van der Waals surface area contributed by atoms with Gasteiger partial charge in [-0.15, -0.1) is 0 Å². The highest BCUT2D eigenvalue weighted by atomic mass is 19.1. The maximum absolute atomic E-state index is 12.8. The average Bonchev–Trinajstić information content (AvgIpc) is 2.90. The molecule has 0 bridgehead atoms. The number of rotatable bonds is 4. The first kappa shape index (κ1) is 16.4. The van der Waals surface area contributed by atoms with Crippen LogP contribution < -0.4 is 10.1 Å². The third-order valence-corrected chi connectivity index (χ3v) is 4.23. The van der Waals surface area contributed by atoms with Crippen molar-refractivity contribution in [3.8, 4) is 6.01 Å². The van der Waals surface area contributed by atoms with Crippen LogP contribution in [-0.2, 0) is 0 Å². The molecule has 0 aromatic carbocycles. The molecule has 128 valence electrons. The summed E-state index contributed by atoms with van der Waals surface area (Å²) in [5, 5.41) is 9.93. The number of H-pyrrole nitrogens is 1. The molecule has 0 aliphatic heterocycles. The van der Waals surface area contributed by atoms with Crippen LogP contribution in [0.2, 0.25) is 0 Å². The maximum atomic E-state index is 12.8. The fourth-order valence-corrected chi connectivity index (χ4v) is 2.98. The number of amides is 1. The average molecular weight is 333 g/mol. The Morgan fingerprint density at radius 2 is 1.92 bits per heavy atom. The van der Waals surface area contributed by atoms with Crippen molar-refractivity contribution in [2.45, 2.75) is 51.7 Å². The van der Waals surface area contributed by atoms with Gasteiger partial charge in [0, 0.05) is 11.7 Å². The Morgan fingerprint density at radius 3 is 2.50 bits per heavy atom. The number of carbonyl (C=O) groups is 1. The van der Waals surface area contributed by atoms with Crippen molar-refractivity contribution >= 4 is 5.91 Å². The van der Waals surface area contributed by atoms with Crippen LogP contribution in [0.1, 0.15) is 47.4 Å². The summed E-state index contributed by atoms with van der Waals surface area (Å²) in [4.78, 5) is 20.0. The second-order valence-corrected chi connectivity index (χ2v) is 6.06. The SMILES string of the molecule is Cc1n[nH]c(C)c1C(=O)NC1CCC(Oc2ncc(F)cn2)CC1. The van der Waals surface area contributed by atoms with Gasteiger partial charge in [0.05, 0.1) is 23.7 Å². The van der Waals surface area contributed by atoms with E-state index < -0.39 is 5.82 Å². The van der Waals surface area contributed by atoms with E-state index in [4.69, 9.17) is 4.74 Å². The molecule has 0 radical (unpaired) electrons. The molecular formula is C16H20FN5O2. The lowest BCUT2D eigenvalue weighted by Gasteiger charge is -2.28. The molecule has 8 heteroatoms. The van der Waals surface area contributed by atoms with Crippen LogP contribution in [0.25, 0.3) is 0 Å². The number of nitrogens with one attached hydrogen (secondary N) is 2. The van der Waals surface area contributed by atoms with Gasteiger partial charge in [-0.1, -0.05) is 0 Å². The number of aryl methyl sites for hydroxylation is 2. The molecule has 3 rings (SSSR count). The summed E-state index contributed by atoms with van der Waals surface area (Å²) < 4.78 is 18.4. The normalized spacial score (nSPS) is 20.6. The van der Waals surface area contributed by atoms with E-state index in [9.17, 15) is 9.18 Å². The van der Waals surface area contributed by atoms with Gasteiger partial charge in [-0.2, -0.15) is 5.10 Å². The van der Waals surface area contributed by atoms with Crippen molar-refractivity contribution in [2.75, 3.05) is 0 Å². The lowest BCUT2D eigenvalue weighted by molar-refractivity contribution is 0.0884. The quantitative estimate of drug-likeness (QED) is 0.893. The molecule has 0 atom stereocenters. The van der Waals surface area contributed by atoms with Gasteiger partial charge in [-0.3, -0.25) is 9.89 Å². The van der Waals surface area contributed by atoms with E-state index in [1.54, 1.807) is 0 Å². The molecule has 1 aliphatic rings. The van der Waals surface area contributed by atoms with E-state index in [2.05, 4.69) is 25.5 Å². The monoisotopic (exact) mass is 333 g/mol. The van der Waals surface area contributed by atoms with Gasteiger partial charge in [-0.25, -0.2) is 14.4 Å². The second-order valence-electron chi connectivity index (χ2n) is 6.06. The summed E-state index contributed by atoms with van der Waals surface area (Å²) in [5.41, 5.74) is 2.10. The lowest BCUT2D eigenvalue weighted by atomic mass is 9.92. The van der Waals surface area contributed by atoms with Crippen molar-refractivity contribution < 1.29 is 13.9 Å². The molecule has 24 heavy (non-hydrogen) atoms. The van der Waals surface area contributed by atoms with Crippen LogP contribution >= 0.6 is 0 Å². The van der Waals surface area contributed by atoms with E-state index in [-0.39, 0.29) is 24.1 Å². The summed E-state index contributed by atoms with van der Waals surface area (Å²) in [5.74, 6) is -0.580. The Labute approximate surface area is 139 Å². The molecular weight excluding hydrogens is 313 g/mol. The van der Waals surface area contributed by atoms with Crippen LogP contribution in [-0.4, -0.2) is 38.2 Å². The topological polar surface area (TPSA) is 92.8 Å². The van der Waals surface area contributed by atoms with E-state index in [1.807, 2.05) is 13.8 Å². The molecule has 2 N–H and O–H groups in total. The predicted octanol–water partition coefficient (Wildman–Crippen LogP) is 2.08. The third kappa shape index (κ3) is 3.69. The summed E-state index contributed by atoms with van der Waals surface area (Å²) in [6.07, 6.45) is 5.36. The van der Waals surface area contributed by atoms with Gasteiger partial charge < -0.3 is 10.1 Å². The van der Waals surface area contributed by atoms with Crippen LogP contribution in [0.3, 0.4) is 0 Å². The fourth-order valence-electron chi connectivity index (χ4n) is 2.98. The van der Waals surface area contributed by atoms with Gasteiger partial charge in [-0.05, 0) is 39.5 Å². The first-order chi connectivity index (χ1) is 11.5. The van der Waals surface area contributed by atoms with Crippen molar-refractivity contribution in [3.05, 3.63) is 35.2 Å². The van der Waals surface area contributed by atoms with Gasteiger partial charge in [0.1, 0.15) is 6.10 Å². The highest BCUT2D eigenvalue weighted by Crippen LogP contribution is 2.22. The Kier molecular flexibility index (Phi) is 4.73. The molecule has 1 amide bonds. The highest BCUT2D eigenvalue weighted by Gasteiger charge is 2.26. The fraction of sp³-hybridized carbons (Fsp3) is 0.500. The summed E-state index contributed by atoms with van der Waals surface area (Å²) in [6.45, 7) is 3.65. The number of hydrogen-bond acceptors (Lipinski definition) is 5. The van der Waals surface area contributed by atoms with E-state index in [0.29, 0.717) is 11.3 Å². The van der Waals surface area contributed by atoms with E-state index in [0.717, 1.165) is 43.8 Å². The lowest BCUT2D eigenvalue weighted by Crippen LogP contribution is -2.40. The zero-order valence-corrected chi connectivity index (χ0v) is 13.7. The largest absolute Gasteiger partial charge is 0.460 e. The number of aromatic amines is 1. The Morgan fingerprint density at radius 1 is 1.25 bits per heavy atom. The zero-order chi connectivity index (χ0) is 17.1. The van der Waals surface area contributed by atoms with Crippen molar-refractivity contribution in [1.29, 1.82) is 0 Å². The van der Waals surface area contributed by atoms with Crippen LogP contribution in [0.15, 0.2) is 12.4 Å². The maximum Gasteiger partial charge on any atom is 0.316 e. The predicted molar refractivity (Wildman–Crippen MR) is 84.2 cm³/mol. The van der Waals surface area contributed by atoms with Gasteiger partial charge >= 0.3 is 6.01 Å². The smallest absolute Gasteiger partial charge is 0.316 e. The molecule has 0 unspecified atom stereocenters. The molecule has 0 spiro atoms. The van der Waals surface area contributed by atoms with E-state index >= 15 is 0 Å². The van der Waals surface area contributed by atoms with Crippen molar-refractivity contribution in [1.82, 2.24) is 25.5 Å². The van der Waals surface area contributed by atoms with Crippen molar-refractivity contribution in [2.24, 2.45) is 0 Å². The summed E-state index contributed by atoms with van der Waals surface area (Å²) in [6, 6.07) is 0.300. The minimum atomic E-state index is -0.487. The molecule has 2 aromatic rings. The molecule has 2 heterocycles. The number of carbonyl (C=O) groups excluding carboxylic acids is 1. The molecule has 2 aromatic heterocycles. The van der Waals surface area contributed by atoms with Gasteiger partial charge in [0.25, 0.3) is 5.91 Å². The Hall–Kier alpha value is -2.51. The molecule has 1 saturated carbocycles. The number of nitrogens with zero attached hydrogens (tertiary/aromatic N) is 3. The third-order valence-electron chi connectivity index (χ3n) is 4.23. The minimum Gasteiger partial charge on any atom is -0.460 e. The van der Waals surface area contributed by atoms with Crippen molar-refractivity contribution in [3.63, 3.8) is 0 Å². The molecule has 0 saturated heterocycles. The number of halogens is 1. The van der Waals surface area contributed by atoms with Crippen LogP contribution in [0.5, 0.6) is 6.01 Å². The molecule has 1 aliphatic carbocycles. The Balaban J connectivity index is 1.50. The molecule has 1 fully saturated rings. The van der Waals surface area contributed by atoms with E-state index in [1.165, 1.54) is 0 Å². The summed E-state index contributed by atoms with van der Waals surface area (Å²) >= 11 is 0. The standard InChI is InChI=1S/C16H20FN5O2/c1-9-14(10(2)22-21-9)15(23)20-12-3-5-13(6-4-12)24-16-18-7-11(17)8-19-16/h7-8,12-13H,3-6H2,1-2H3,(H,20,23)(H,21,22). The second kappa shape index (κ2) is 6.94. The van der Waals surface area contributed by atoms with Crippen LogP contribution in [0.4, 0.5) is 4.39 Å². The Bertz CT molecular complexity index is 688. The van der Waals surface area contributed by atoms with Crippen LogP contribution in [0, 0.1) is 19.7 Å². The minimum absolute atomic E-state index is 0.0130.